The minimum Gasteiger partial charge on any atom is -0.385 e. The van der Waals surface area contributed by atoms with Gasteiger partial charge in [-0.3, -0.25) is 9.59 Å². The molecule has 0 spiro atoms. The van der Waals surface area contributed by atoms with Gasteiger partial charge in [0.05, 0.1) is 0 Å². The molecule has 0 bridgehead atoms. The van der Waals surface area contributed by atoms with Crippen molar-refractivity contribution in [3.05, 3.63) is 35.6 Å². The van der Waals surface area contributed by atoms with Gasteiger partial charge in [-0.15, -0.1) is 0 Å². The fraction of sp³-hybridized carbons (Fsp3) is 0.529. The number of methoxy groups -OCH3 is 1. The molecule has 23 heavy (non-hydrogen) atoms. The third-order valence-corrected chi connectivity index (χ3v) is 3.48. The fourth-order valence-corrected chi connectivity index (χ4v) is 2.15. The summed E-state index contributed by atoms with van der Waals surface area (Å²) in [6.45, 7) is 3.58. The van der Waals surface area contributed by atoms with Crippen molar-refractivity contribution in [1.82, 2.24) is 10.2 Å². The highest BCUT2D eigenvalue weighted by atomic mass is 19.1. The fourth-order valence-electron chi connectivity index (χ4n) is 2.15. The number of benzene rings is 1. The molecule has 0 unspecified atom stereocenters. The molecule has 0 aliphatic heterocycles. The topological polar surface area (TPSA) is 58.6 Å². The number of amides is 2. The average Bonchev–Trinajstić information content (AvgIpc) is 2.52. The van der Waals surface area contributed by atoms with Crippen molar-refractivity contribution in [2.45, 2.75) is 26.2 Å². The van der Waals surface area contributed by atoms with Crippen molar-refractivity contribution < 1.29 is 18.7 Å². The predicted octanol–water partition coefficient (Wildman–Crippen LogP) is 1.76. The Morgan fingerprint density at radius 3 is 2.52 bits per heavy atom. The van der Waals surface area contributed by atoms with Gasteiger partial charge in [0, 0.05) is 46.7 Å². The molecule has 0 atom stereocenters. The van der Waals surface area contributed by atoms with Crippen molar-refractivity contribution in [3.63, 3.8) is 0 Å². The second-order valence-electron chi connectivity index (χ2n) is 5.33. The first-order chi connectivity index (χ1) is 11.0. The Morgan fingerprint density at radius 1 is 1.22 bits per heavy atom. The summed E-state index contributed by atoms with van der Waals surface area (Å²) in [5, 5.41) is 2.81. The van der Waals surface area contributed by atoms with Crippen LogP contribution in [-0.4, -0.2) is 50.1 Å². The van der Waals surface area contributed by atoms with Gasteiger partial charge in [0.25, 0.3) is 0 Å². The molecule has 0 saturated heterocycles. The summed E-state index contributed by atoms with van der Waals surface area (Å²) in [5.74, 6) is -0.402. The van der Waals surface area contributed by atoms with Crippen molar-refractivity contribution in [3.8, 4) is 0 Å². The second-order valence-corrected chi connectivity index (χ2v) is 5.33. The van der Waals surface area contributed by atoms with E-state index in [0.717, 1.165) is 12.0 Å². The number of nitrogens with one attached hydrogen (secondary N) is 1. The van der Waals surface area contributed by atoms with Gasteiger partial charge in [-0.2, -0.15) is 0 Å². The van der Waals surface area contributed by atoms with E-state index in [9.17, 15) is 14.0 Å². The number of nitrogens with zero attached hydrogens (tertiary/aromatic N) is 1. The van der Waals surface area contributed by atoms with Gasteiger partial charge in [0.15, 0.2) is 0 Å². The van der Waals surface area contributed by atoms with Crippen LogP contribution in [-0.2, 0) is 20.7 Å². The normalized spacial score (nSPS) is 10.4. The molecular weight excluding hydrogens is 299 g/mol. The lowest BCUT2D eigenvalue weighted by Crippen LogP contribution is -2.35. The number of rotatable bonds is 10. The largest absolute Gasteiger partial charge is 0.385 e. The summed E-state index contributed by atoms with van der Waals surface area (Å²) < 4.78 is 17.7. The maximum absolute atomic E-state index is 12.8. The van der Waals surface area contributed by atoms with Gasteiger partial charge in [-0.1, -0.05) is 12.1 Å². The zero-order valence-electron chi connectivity index (χ0n) is 13.8. The first-order valence-corrected chi connectivity index (χ1v) is 7.78. The molecule has 128 valence electrons. The molecule has 0 aliphatic carbocycles. The van der Waals surface area contributed by atoms with Crippen LogP contribution in [0.3, 0.4) is 0 Å². The summed E-state index contributed by atoms with van der Waals surface area (Å²) in [6.07, 6.45) is 1.68. The lowest BCUT2D eigenvalue weighted by atomic mass is 10.1. The Bertz CT molecular complexity index is 491. The minimum atomic E-state index is -0.268. The number of carbonyl (C=O) groups excluding carboxylic acids is 2. The Labute approximate surface area is 136 Å². The summed E-state index contributed by atoms with van der Waals surface area (Å²) >= 11 is 0. The molecule has 0 heterocycles. The van der Waals surface area contributed by atoms with E-state index in [1.807, 2.05) is 0 Å². The van der Waals surface area contributed by atoms with Crippen LogP contribution in [0.1, 0.15) is 25.3 Å². The highest BCUT2D eigenvalue weighted by molar-refractivity contribution is 5.78. The van der Waals surface area contributed by atoms with Gasteiger partial charge in [-0.05, 0) is 30.5 Å². The van der Waals surface area contributed by atoms with E-state index >= 15 is 0 Å². The van der Waals surface area contributed by atoms with Crippen molar-refractivity contribution in [2.24, 2.45) is 0 Å². The molecule has 2 amide bonds. The van der Waals surface area contributed by atoms with Gasteiger partial charge >= 0.3 is 0 Å². The maximum Gasteiger partial charge on any atom is 0.221 e. The van der Waals surface area contributed by atoms with Gasteiger partial charge in [0.1, 0.15) is 5.82 Å². The Hall–Kier alpha value is -1.95. The minimum absolute atomic E-state index is 0.0415. The van der Waals surface area contributed by atoms with E-state index < -0.39 is 0 Å². The smallest absolute Gasteiger partial charge is 0.221 e. The van der Waals surface area contributed by atoms with Crippen LogP contribution >= 0.6 is 0 Å². The summed E-state index contributed by atoms with van der Waals surface area (Å²) in [6, 6.07) is 6.22. The molecule has 1 N–H and O–H groups in total. The quantitative estimate of drug-likeness (QED) is 0.667. The molecule has 1 aromatic rings. The molecule has 0 aromatic heterocycles. The van der Waals surface area contributed by atoms with Crippen LogP contribution < -0.4 is 5.32 Å². The van der Waals surface area contributed by atoms with Gasteiger partial charge in [-0.25, -0.2) is 4.39 Å². The van der Waals surface area contributed by atoms with E-state index in [0.29, 0.717) is 32.7 Å². The molecule has 0 aliphatic rings. The van der Waals surface area contributed by atoms with E-state index in [-0.39, 0.29) is 24.1 Å². The first kappa shape index (κ1) is 19.1. The third-order valence-electron chi connectivity index (χ3n) is 3.48. The number of halogens is 1. The Balaban J connectivity index is 2.23. The molecule has 0 saturated carbocycles. The van der Waals surface area contributed by atoms with Crippen molar-refractivity contribution in [1.29, 1.82) is 0 Å². The average molecular weight is 324 g/mol. The first-order valence-electron chi connectivity index (χ1n) is 7.78. The number of hydrogen-bond acceptors (Lipinski definition) is 3. The molecular formula is C17H25FN2O3. The lowest BCUT2D eigenvalue weighted by molar-refractivity contribution is -0.129. The lowest BCUT2D eigenvalue weighted by Gasteiger charge is -2.20. The molecule has 1 rings (SSSR count). The SMILES string of the molecule is COCCCN(CCC(=O)NCCc1ccc(F)cc1)C(C)=O. The molecule has 5 nitrogen and oxygen atoms in total. The molecule has 1 aromatic carbocycles. The highest BCUT2D eigenvalue weighted by Gasteiger charge is 2.10. The summed E-state index contributed by atoms with van der Waals surface area (Å²) in [4.78, 5) is 25.0. The zero-order chi connectivity index (χ0) is 17.1. The summed E-state index contributed by atoms with van der Waals surface area (Å²) in [7, 11) is 1.62. The number of carbonyl (C=O) groups is 2. The predicted molar refractivity (Wildman–Crippen MR) is 86.5 cm³/mol. The van der Waals surface area contributed by atoms with Crippen LogP contribution in [0.25, 0.3) is 0 Å². The van der Waals surface area contributed by atoms with Crippen LogP contribution in [0.4, 0.5) is 4.39 Å². The monoisotopic (exact) mass is 324 g/mol. The Morgan fingerprint density at radius 2 is 1.91 bits per heavy atom. The van der Waals surface area contributed by atoms with E-state index in [4.69, 9.17) is 4.74 Å². The van der Waals surface area contributed by atoms with E-state index in [1.54, 1.807) is 24.1 Å². The van der Waals surface area contributed by atoms with Crippen molar-refractivity contribution in [2.75, 3.05) is 33.4 Å². The third kappa shape index (κ3) is 8.30. The van der Waals surface area contributed by atoms with Crippen LogP contribution in [0.5, 0.6) is 0 Å². The molecule has 6 heteroatoms. The van der Waals surface area contributed by atoms with Crippen LogP contribution in [0.15, 0.2) is 24.3 Å². The second kappa shape index (κ2) is 10.7. The highest BCUT2D eigenvalue weighted by Crippen LogP contribution is 2.03. The summed E-state index contributed by atoms with van der Waals surface area (Å²) in [5.41, 5.74) is 0.969. The standard InChI is InChI=1S/C17H25FN2O3/c1-14(21)20(11-3-13-23-2)12-9-17(22)19-10-8-15-4-6-16(18)7-5-15/h4-7H,3,8-13H2,1-2H3,(H,19,22). The van der Waals surface area contributed by atoms with Crippen LogP contribution in [0.2, 0.25) is 0 Å². The van der Waals surface area contributed by atoms with Gasteiger partial charge < -0.3 is 15.0 Å². The van der Waals surface area contributed by atoms with E-state index in [2.05, 4.69) is 5.32 Å². The number of ether oxygens (including phenoxy) is 1. The van der Waals surface area contributed by atoms with Crippen LogP contribution in [0, 0.1) is 5.82 Å². The van der Waals surface area contributed by atoms with Crippen molar-refractivity contribution >= 4 is 11.8 Å². The zero-order valence-corrected chi connectivity index (χ0v) is 13.8. The number of hydrogen-bond donors (Lipinski definition) is 1. The van der Waals surface area contributed by atoms with E-state index in [1.165, 1.54) is 19.1 Å². The molecule has 0 fully saturated rings. The molecule has 0 radical (unpaired) electrons. The van der Waals surface area contributed by atoms with Gasteiger partial charge in [0.2, 0.25) is 11.8 Å². The Kier molecular flexibility index (Phi) is 8.90. The maximum atomic E-state index is 12.8.